The van der Waals surface area contributed by atoms with Gasteiger partial charge in [0.25, 0.3) is 0 Å². The largest absolute Gasteiger partial charge is 0.376 e. The van der Waals surface area contributed by atoms with E-state index in [0.29, 0.717) is 0 Å². The number of nitrogens with zero attached hydrogens (tertiary/aromatic N) is 2. The number of nitrogens with one attached hydrogen (secondary N) is 2. The van der Waals surface area contributed by atoms with Crippen LogP contribution in [0.3, 0.4) is 0 Å². The predicted octanol–water partition coefficient (Wildman–Crippen LogP) is 1.78. The molecule has 1 saturated heterocycles. The summed E-state index contributed by atoms with van der Waals surface area (Å²) >= 11 is 0. The van der Waals surface area contributed by atoms with Gasteiger partial charge in [-0.3, -0.25) is 4.68 Å². The number of rotatable bonds is 4. The molecule has 1 aromatic carbocycles. The lowest BCUT2D eigenvalue weighted by Gasteiger charge is -2.27. The van der Waals surface area contributed by atoms with E-state index < -0.39 is 0 Å². The summed E-state index contributed by atoms with van der Waals surface area (Å²) in [7, 11) is 2.00. The monoisotopic (exact) mass is 302 g/mol. The molecule has 0 aliphatic carbocycles. The third-order valence-corrected chi connectivity index (χ3v) is 4.34. The molecule has 5 nitrogen and oxygen atoms in total. The molecule has 0 spiro atoms. The lowest BCUT2D eigenvalue weighted by atomic mass is 9.97. The standard InChI is InChI=1S/C17H26N4O/c1-17(2,19-12-13-11-18-9-6-10-22-13)16-14-7-4-5-8-15(14)21(3)20-16/h4-5,7-8,13,18-19H,6,9-12H2,1-3H3. The van der Waals surface area contributed by atoms with Gasteiger partial charge in [0.2, 0.25) is 0 Å². The maximum Gasteiger partial charge on any atom is 0.0898 e. The number of para-hydroxylation sites is 1. The second kappa shape index (κ2) is 6.36. The van der Waals surface area contributed by atoms with E-state index in [1.807, 2.05) is 11.7 Å². The minimum absolute atomic E-state index is 0.198. The van der Waals surface area contributed by atoms with Crippen LogP contribution in [-0.4, -0.2) is 42.1 Å². The number of hydrogen-bond donors (Lipinski definition) is 2. The van der Waals surface area contributed by atoms with Gasteiger partial charge in [-0.25, -0.2) is 0 Å². The topological polar surface area (TPSA) is 51.1 Å². The van der Waals surface area contributed by atoms with Crippen molar-refractivity contribution in [2.45, 2.75) is 31.9 Å². The zero-order valence-electron chi connectivity index (χ0n) is 13.7. The van der Waals surface area contributed by atoms with Crippen LogP contribution < -0.4 is 10.6 Å². The van der Waals surface area contributed by atoms with E-state index in [0.717, 1.165) is 38.4 Å². The lowest BCUT2D eigenvalue weighted by molar-refractivity contribution is 0.0614. The van der Waals surface area contributed by atoms with Crippen molar-refractivity contribution < 1.29 is 4.74 Å². The highest BCUT2D eigenvalue weighted by molar-refractivity contribution is 5.82. The Morgan fingerprint density at radius 2 is 2.23 bits per heavy atom. The molecule has 1 fully saturated rings. The zero-order chi connectivity index (χ0) is 15.6. The Morgan fingerprint density at radius 1 is 1.41 bits per heavy atom. The molecule has 0 radical (unpaired) electrons. The SMILES string of the molecule is Cn1nc(C(C)(C)NCC2CNCCCO2)c2ccccc21. The van der Waals surface area contributed by atoms with Crippen molar-refractivity contribution in [1.29, 1.82) is 0 Å². The Hall–Kier alpha value is -1.43. The van der Waals surface area contributed by atoms with Crippen molar-refractivity contribution in [2.75, 3.05) is 26.2 Å². The van der Waals surface area contributed by atoms with Gasteiger partial charge in [-0.05, 0) is 32.9 Å². The molecule has 2 N–H and O–H groups in total. The van der Waals surface area contributed by atoms with Crippen LogP contribution in [0.5, 0.6) is 0 Å². The Bertz CT molecular complexity index is 627. The first kappa shape index (κ1) is 15.5. The lowest BCUT2D eigenvalue weighted by Crippen LogP contribution is -2.44. The van der Waals surface area contributed by atoms with E-state index in [2.05, 4.69) is 48.7 Å². The molecule has 1 atom stereocenters. The number of ether oxygens (including phenoxy) is 1. The first-order valence-electron chi connectivity index (χ1n) is 8.07. The molecule has 2 aromatic rings. The summed E-state index contributed by atoms with van der Waals surface area (Å²) in [6, 6.07) is 8.38. The number of hydrogen-bond acceptors (Lipinski definition) is 4. The summed E-state index contributed by atoms with van der Waals surface area (Å²) in [4.78, 5) is 0. The van der Waals surface area contributed by atoms with Crippen LogP contribution in [0.25, 0.3) is 10.9 Å². The molecule has 120 valence electrons. The Balaban J connectivity index is 1.76. The number of aromatic nitrogens is 2. The van der Waals surface area contributed by atoms with Crippen LogP contribution in [0.4, 0.5) is 0 Å². The van der Waals surface area contributed by atoms with Gasteiger partial charge >= 0.3 is 0 Å². The second-order valence-electron chi connectivity index (χ2n) is 6.55. The molecular formula is C17H26N4O. The van der Waals surface area contributed by atoms with Gasteiger partial charge < -0.3 is 15.4 Å². The van der Waals surface area contributed by atoms with Crippen molar-refractivity contribution in [3.63, 3.8) is 0 Å². The maximum absolute atomic E-state index is 5.88. The Kier molecular flexibility index (Phi) is 4.47. The molecule has 22 heavy (non-hydrogen) atoms. The molecule has 0 saturated carbocycles. The van der Waals surface area contributed by atoms with Gasteiger partial charge in [0.1, 0.15) is 0 Å². The summed E-state index contributed by atoms with van der Waals surface area (Å²) < 4.78 is 7.83. The molecule has 1 unspecified atom stereocenters. The molecule has 1 aliphatic rings. The highest BCUT2D eigenvalue weighted by Gasteiger charge is 2.27. The summed E-state index contributed by atoms with van der Waals surface area (Å²) in [5, 5.41) is 13.0. The van der Waals surface area contributed by atoms with Crippen molar-refractivity contribution in [3.8, 4) is 0 Å². The zero-order valence-corrected chi connectivity index (χ0v) is 13.7. The highest BCUT2D eigenvalue weighted by Crippen LogP contribution is 2.27. The number of aryl methyl sites for hydroxylation is 1. The predicted molar refractivity (Wildman–Crippen MR) is 89.0 cm³/mol. The highest BCUT2D eigenvalue weighted by atomic mass is 16.5. The Labute approximate surface area is 132 Å². The third kappa shape index (κ3) is 3.16. The van der Waals surface area contributed by atoms with E-state index in [1.165, 1.54) is 10.9 Å². The van der Waals surface area contributed by atoms with Crippen molar-refractivity contribution >= 4 is 10.9 Å². The van der Waals surface area contributed by atoms with Crippen molar-refractivity contribution in [2.24, 2.45) is 7.05 Å². The quantitative estimate of drug-likeness (QED) is 0.904. The van der Waals surface area contributed by atoms with Gasteiger partial charge in [-0.2, -0.15) is 5.10 Å². The summed E-state index contributed by atoms with van der Waals surface area (Å²) in [6.45, 7) is 7.99. The molecule has 1 aliphatic heterocycles. The average molecular weight is 302 g/mol. The molecule has 5 heteroatoms. The van der Waals surface area contributed by atoms with Crippen LogP contribution in [0, 0.1) is 0 Å². The van der Waals surface area contributed by atoms with Crippen molar-refractivity contribution in [3.05, 3.63) is 30.0 Å². The molecular weight excluding hydrogens is 276 g/mol. The van der Waals surface area contributed by atoms with E-state index in [4.69, 9.17) is 9.84 Å². The van der Waals surface area contributed by atoms with E-state index in [9.17, 15) is 0 Å². The van der Waals surface area contributed by atoms with Gasteiger partial charge in [-0.1, -0.05) is 18.2 Å². The van der Waals surface area contributed by atoms with E-state index in [1.54, 1.807) is 0 Å². The third-order valence-electron chi connectivity index (χ3n) is 4.34. The van der Waals surface area contributed by atoms with Crippen LogP contribution in [-0.2, 0) is 17.3 Å². The van der Waals surface area contributed by atoms with E-state index in [-0.39, 0.29) is 11.6 Å². The summed E-state index contributed by atoms with van der Waals surface area (Å²) in [5.74, 6) is 0. The fourth-order valence-corrected chi connectivity index (χ4v) is 3.03. The van der Waals surface area contributed by atoms with Gasteiger partial charge in [-0.15, -0.1) is 0 Å². The average Bonchev–Trinajstić information content (AvgIpc) is 2.70. The first-order valence-corrected chi connectivity index (χ1v) is 8.07. The van der Waals surface area contributed by atoms with E-state index >= 15 is 0 Å². The summed E-state index contributed by atoms with van der Waals surface area (Å²) in [6.07, 6.45) is 1.31. The fourth-order valence-electron chi connectivity index (χ4n) is 3.03. The molecule has 0 amide bonds. The number of benzene rings is 1. The van der Waals surface area contributed by atoms with Crippen LogP contribution in [0.15, 0.2) is 24.3 Å². The molecule has 2 heterocycles. The van der Waals surface area contributed by atoms with Crippen LogP contribution in [0.2, 0.25) is 0 Å². The van der Waals surface area contributed by atoms with Gasteiger partial charge in [0.15, 0.2) is 0 Å². The van der Waals surface area contributed by atoms with Crippen molar-refractivity contribution in [1.82, 2.24) is 20.4 Å². The smallest absolute Gasteiger partial charge is 0.0898 e. The van der Waals surface area contributed by atoms with Crippen LogP contribution in [0.1, 0.15) is 26.0 Å². The number of fused-ring (bicyclic) bond motifs is 1. The van der Waals surface area contributed by atoms with Crippen LogP contribution >= 0.6 is 0 Å². The molecule has 3 rings (SSSR count). The summed E-state index contributed by atoms with van der Waals surface area (Å²) in [5.41, 5.74) is 2.06. The fraction of sp³-hybridized carbons (Fsp3) is 0.588. The first-order chi connectivity index (χ1) is 10.6. The maximum atomic E-state index is 5.88. The molecule has 0 bridgehead atoms. The van der Waals surface area contributed by atoms with Gasteiger partial charge in [0, 0.05) is 32.1 Å². The minimum atomic E-state index is -0.198. The van der Waals surface area contributed by atoms with Gasteiger partial charge in [0.05, 0.1) is 22.9 Å². The normalized spacial score (nSPS) is 20.2. The second-order valence-corrected chi connectivity index (χ2v) is 6.55. The minimum Gasteiger partial charge on any atom is -0.376 e. The molecule has 1 aromatic heterocycles. The Morgan fingerprint density at radius 3 is 3.09 bits per heavy atom.